The molecule has 1 aromatic heterocycles. The summed E-state index contributed by atoms with van der Waals surface area (Å²) >= 11 is 7.26. The Hall–Kier alpha value is -1.85. The maximum absolute atomic E-state index is 11.9. The van der Waals surface area contributed by atoms with Gasteiger partial charge >= 0.3 is 0 Å². The van der Waals surface area contributed by atoms with Crippen LogP contribution in [0.4, 0.5) is 5.69 Å². The molecule has 0 radical (unpaired) electrons. The molecular weight excluding hydrogens is 296 g/mol. The van der Waals surface area contributed by atoms with Gasteiger partial charge in [-0.3, -0.25) is 9.59 Å². The molecule has 0 spiro atoms. The van der Waals surface area contributed by atoms with E-state index >= 15 is 0 Å². The van der Waals surface area contributed by atoms with Gasteiger partial charge in [0.1, 0.15) is 0 Å². The Balaban J connectivity index is 1.93. The summed E-state index contributed by atoms with van der Waals surface area (Å²) in [5.74, 6) is -0.305. The van der Waals surface area contributed by atoms with Crippen molar-refractivity contribution in [3.05, 3.63) is 51.2 Å². The summed E-state index contributed by atoms with van der Waals surface area (Å²) in [6.07, 6.45) is 0. The van der Waals surface area contributed by atoms with Crippen LogP contribution in [-0.2, 0) is 11.3 Å². The third kappa shape index (κ3) is 4.08. The Morgan fingerprint density at radius 2 is 1.85 bits per heavy atom. The van der Waals surface area contributed by atoms with Crippen LogP contribution in [0.1, 0.15) is 22.2 Å². The van der Waals surface area contributed by atoms with E-state index in [4.69, 9.17) is 11.6 Å². The average Bonchev–Trinajstić information content (AvgIpc) is 2.82. The first-order valence-electron chi connectivity index (χ1n) is 5.94. The van der Waals surface area contributed by atoms with Gasteiger partial charge in [-0.15, -0.1) is 11.3 Å². The van der Waals surface area contributed by atoms with Crippen LogP contribution < -0.4 is 10.6 Å². The first-order chi connectivity index (χ1) is 9.54. The maximum atomic E-state index is 11.9. The first-order valence-corrected chi connectivity index (χ1v) is 7.14. The standard InChI is InChI=1S/C14H13ClN2O2S/c1-9(18)17-11-4-2-10(3-5-11)14(19)16-8-12-6-7-13(15)20-12/h2-7H,8H2,1H3,(H,16,19)(H,17,18). The fourth-order valence-electron chi connectivity index (χ4n) is 1.62. The molecule has 2 amide bonds. The molecule has 0 aliphatic rings. The number of hydrogen-bond acceptors (Lipinski definition) is 3. The molecule has 0 aliphatic carbocycles. The topological polar surface area (TPSA) is 58.2 Å². The van der Waals surface area contributed by atoms with E-state index in [1.807, 2.05) is 6.07 Å². The molecule has 0 aliphatic heterocycles. The normalized spacial score (nSPS) is 10.1. The number of nitrogens with one attached hydrogen (secondary N) is 2. The second-order valence-corrected chi connectivity index (χ2v) is 5.95. The SMILES string of the molecule is CC(=O)Nc1ccc(C(=O)NCc2ccc(Cl)s2)cc1. The molecule has 2 rings (SSSR count). The van der Waals surface area contributed by atoms with Crippen molar-refractivity contribution in [2.75, 3.05) is 5.32 Å². The summed E-state index contributed by atoms with van der Waals surface area (Å²) in [6.45, 7) is 1.89. The highest BCUT2D eigenvalue weighted by molar-refractivity contribution is 7.16. The minimum absolute atomic E-state index is 0.142. The molecule has 0 bridgehead atoms. The van der Waals surface area contributed by atoms with E-state index in [0.29, 0.717) is 22.1 Å². The molecule has 1 aromatic carbocycles. The number of thiophene rings is 1. The largest absolute Gasteiger partial charge is 0.347 e. The second kappa shape index (κ2) is 6.54. The number of benzene rings is 1. The molecule has 0 saturated heterocycles. The highest BCUT2D eigenvalue weighted by Gasteiger charge is 2.06. The van der Waals surface area contributed by atoms with Gasteiger partial charge in [-0.1, -0.05) is 11.6 Å². The fourth-order valence-corrected chi connectivity index (χ4v) is 2.65. The molecule has 0 saturated carbocycles. The lowest BCUT2D eigenvalue weighted by molar-refractivity contribution is -0.114. The number of rotatable bonds is 4. The van der Waals surface area contributed by atoms with E-state index in [1.54, 1.807) is 30.3 Å². The minimum Gasteiger partial charge on any atom is -0.347 e. The Morgan fingerprint density at radius 3 is 2.40 bits per heavy atom. The van der Waals surface area contributed by atoms with Gasteiger partial charge in [-0.05, 0) is 36.4 Å². The molecule has 1 heterocycles. The Bertz CT molecular complexity index is 622. The van der Waals surface area contributed by atoms with Crippen molar-refractivity contribution in [1.29, 1.82) is 0 Å². The molecule has 0 fully saturated rings. The van der Waals surface area contributed by atoms with Gasteiger partial charge in [-0.25, -0.2) is 0 Å². The zero-order valence-electron chi connectivity index (χ0n) is 10.8. The summed E-state index contributed by atoms with van der Waals surface area (Å²) in [5, 5.41) is 5.46. The summed E-state index contributed by atoms with van der Waals surface area (Å²) < 4.78 is 0.703. The molecule has 0 atom stereocenters. The number of carbonyl (C=O) groups is 2. The third-order valence-corrected chi connectivity index (χ3v) is 3.75. The van der Waals surface area contributed by atoms with Gasteiger partial charge in [0, 0.05) is 23.1 Å². The van der Waals surface area contributed by atoms with Crippen LogP contribution >= 0.6 is 22.9 Å². The summed E-state index contributed by atoms with van der Waals surface area (Å²) in [5.41, 5.74) is 1.21. The van der Waals surface area contributed by atoms with E-state index in [1.165, 1.54) is 18.3 Å². The smallest absolute Gasteiger partial charge is 0.251 e. The van der Waals surface area contributed by atoms with Gasteiger partial charge < -0.3 is 10.6 Å². The second-order valence-electron chi connectivity index (χ2n) is 4.15. The third-order valence-electron chi connectivity index (χ3n) is 2.52. The number of amides is 2. The van der Waals surface area contributed by atoms with Gasteiger partial charge in [0.05, 0.1) is 10.9 Å². The molecule has 2 N–H and O–H groups in total. The molecular formula is C14H13ClN2O2S. The van der Waals surface area contributed by atoms with Crippen LogP contribution in [0.3, 0.4) is 0 Å². The lowest BCUT2D eigenvalue weighted by Crippen LogP contribution is -2.22. The first kappa shape index (κ1) is 14.6. The summed E-state index contributed by atoms with van der Waals surface area (Å²) in [4.78, 5) is 23.8. The van der Waals surface area contributed by atoms with Crippen LogP contribution in [0.25, 0.3) is 0 Å². The van der Waals surface area contributed by atoms with E-state index in [9.17, 15) is 9.59 Å². The lowest BCUT2D eigenvalue weighted by Gasteiger charge is -2.05. The molecule has 104 valence electrons. The Labute approximate surface area is 125 Å². The number of hydrogen-bond donors (Lipinski definition) is 2. The summed E-state index contributed by atoms with van der Waals surface area (Å²) in [7, 11) is 0. The van der Waals surface area contributed by atoms with Gasteiger partial charge in [0.25, 0.3) is 5.91 Å². The van der Waals surface area contributed by atoms with E-state index in [0.717, 1.165) is 4.88 Å². The molecule has 20 heavy (non-hydrogen) atoms. The van der Waals surface area contributed by atoms with Gasteiger partial charge in [0.15, 0.2) is 0 Å². The fraction of sp³-hybridized carbons (Fsp3) is 0.143. The lowest BCUT2D eigenvalue weighted by atomic mass is 10.2. The number of anilines is 1. The predicted molar refractivity (Wildman–Crippen MR) is 81.2 cm³/mol. The van der Waals surface area contributed by atoms with Crippen molar-refractivity contribution >= 4 is 40.4 Å². The van der Waals surface area contributed by atoms with E-state index in [-0.39, 0.29) is 11.8 Å². The summed E-state index contributed by atoms with van der Waals surface area (Å²) in [6, 6.07) is 10.4. The predicted octanol–water partition coefficient (Wildman–Crippen LogP) is 3.29. The molecule has 6 heteroatoms. The zero-order valence-corrected chi connectivity index (χ0v) is 12.3. The maximum Gasteiger partial charge on any atom is 0.251 e. The van der Waals surface area contributed by atoms with Crippen molar-refractivity contribution < 1.29 is 9.59 Å². The highest BCUT2D eigenvalue weighted by atomic mass is 35.5. The van der Waals surface area contributed by atoms with Crippen molar-refractivity contribution in [3.63, 3.8) is 0 Å². The molecule has 0 unspecified atom stereocenters. The van der Waals surface area contributed by atoms with Crippen LogP contribution in [-0.4, -0.2) is 11.8 Å². The van der Waals surface area contributed by atoms with Crippen LogP contribution in [0.15, 0.2) is 36.4 Å². The Morgan fingerprint density at radius 1 is 1.15 bits per heavy atom. The Kier molecular flexibility index (Phi) is 4.76. The molecule has 2 aromatic rings. The van der Waals surface area contributed by atoms with Gasteiger partial charge in [-0.2, -0.15) is 0 Å². The van der Waals surface area contributed by atoms with Crippen molar-refractivity contribution in [3.8, 4) is 0 Å². The van der Waals surface area contributed by atoms with Gasteiger partial charge in [0.2, 0.25) is 5.91 Å². The monoisotopic (exact) mass is 308 g/mol. The average molecular weight is 309 g/mol. The zero-order chi connectivity index (χ0) is 14.5. The van der Waals surface area contributed by atoms with E-state index < -0.39 is 0 Å². The van der Waals surface area contributed by atoms with E-state index in [2.05, 4.69) is 10.6 Å². The van der Waals surface area contributed by atoms with Crippen molar-refractivity contribution in [2.45, 2.75) is 13.5 Å². The molecule has 4 nitrogen and oxygen atoms in total. The number of carbonyl (C=O) groups excluding carboxylic acids is 2. The van der Waals surface area contributed by atoms with Crippen LogP contribution in [0, 0.1) is 0 Å². The highest BCUT2D eigenvalue weighted by Crippen LogP contribution is 2.21. The van der Waals surface area contributed by atoms with Crippen molar-refractivity contribution in [2.24, 2.45) is 0 Å². The minimum atomic E-state index is -0.163. The van der Waals surface area contributed by atoms with Crippen LogP contribution in [0.5, 0.6) is 0 Å². The quantitative estimate of drug-likeness (QED) is 0.910. The van der Waals surface area contributed by atoms with Crippen molar-refractivity contribution in [1.82, 2.24) is 5.32 Å². The number of halogens is 1. The van der Waals surface area contributed by atoms with Crippen LogP contribution in [0.2, 0.25) is 4.34 Å².